The van der Waals surface area contributed by atoms with Crippen LogP contribution in [0.1, 0.15) is 84.0 Å². The summed E-state index contributed by atoms with van der Waals surface area (Å²) in [6.45, 7) is 2.84. The van der Waals surface area contributed by atoms with Crippen LogP contribution in [0.3, 0.4) is 0 Å². The summed E-state index contributed by atoms with van der Waals surface area (Å²) in [5.41, 5.74) is 0. The Bertz CT molecular complexity index is 414. The summed E-state index contributed by atoms with van der Waals surface area (Å²) in [6, 6.07) is -0.595. The van der Waals surface area contributed by atoms with Crippen LogP contribution >= 0.6 is 0 Å². The van der Waals surface area contributed by atoms with Crippen LogP contribution in [0.15, 0.2) is 0 Å². The first-order valence-electron chi connectivity index (χ1n) is 12.1. The SMILES string of the molecule is CCCCCCC(NCCO)C(O)C(O)C(CCCCCCCC(=O)OC)NCCO. The molecule has 0 fully saturated rings. The molecule has 0 aromatic rings. The fourth-order valence-electron chi connectivity index (χ4n) is 3.82. The van der Waals surface area contributed by atoms with Gasteiger partial charge < -0.3 is 35.8 Å². The Balaban J connectivity index is 4.56. The van der Waals surface area contributed by atoms with Crippen molar-refractivity contribution in [1.82, 2.24) is 10.6 Å². The van der Waals surface area contributed by atoms with Gasteiger partial charge in [0.2, 0.25) is 0 Å². The summed E-state index contributed by atoms with van der Waals surface area (Å²) in [5, 5.41) is 46.4. The fraction of sp³-hybridized carbons (Fsp3) is 0.957. The monoisotopic (exact) mass is 448 g/mol. The van der Waals surface area contributed by atoms with Crippen molar-refractivity contribution in [3.8, 4) is 0 Å². The molecular weight excluding hydrogens is 400 g/mol. The highest BCUT2D eigenvalue weighted by Gasteiger charge is 2.31. The molecule has 0 radical (unpaired) electrons. The molecule has 4 unspecified atom stereocenters. The van der Waals surface area contributed by atoms with Gasteiger partial charge in [0.05, 0.1) is 32.5 Å². The Kier molecular flexibility index (Phi) is 20.6. The molecule has 0 saturated carbocycles. The lowest BCUT2D eigenvalue weighted by molar-refractivity contribution is -0.140. The third kappa shape index (κ3) is 15.6. The van der Waals surface area contributed by atoms with Gasteiger partial charge in [0.15, 0.2) is 0 Å². The van der Waals surface area contributed by atoms with Gasteiger partial charge >= 0.3 is 5.97 Å². The summed E-state index contributed by atoms with van der Waals surface area (Å²) < 4.78 is 4.64. The first-order valence-corrected chi connectivity index (χ1v) is 12.1. The molecule has 0 saturated heterocycles. The van der Waals surface area contributed by atoms with Gasteiger partial charge in [-0.3, -0.25) is 4.79 Å². The van der Waals surface area contributed by atoms with Crippen LogP contribution in [0.2, 0.25) is 0 Å². The third-order valence-electron chi connectivity index (χ3n) is 5.70. The number of ether oxygens (including phenoxy) is 1. The van der Waals surface area contributed by atoms with Crippen molar-refractivity contribution in [2.75, 3.05) is 33.4 Å². The first kappa shape index (κ1) is 30.2. The van der Waals surface area contributed by atoms with Gasteiger partial charge in [0, 0.05) is 31.6 Å². The Labute approximate surface area is 188 Å². The molecule has 186 valence electrons. The van der Waals surface area contributed by atoms with Crippen molar-refractivity contribution in [3.63, 3.8) is 0 Å². The quantitative estimate of drug-likeness (QED) is 0.108. The topological polar surface area (TPSA) is 131 Å². The Morgan fingerprint density at radius 2 is 1.23 bits per heavy atom. The standard InChI is InChI=1S/C23H48N2O6/c1-3-4-5-9-12-19(24-15-17-26)22(29)23(30)20(25-16-18-27)13-10-7-6-8-11-14-21(28)31-2/h19-20,22-27,29-30H,3-18H2,1-2H3. The maximum atomic E-state index is 11.1. The Hall–Kier alpha value is -0.770. The second-order valence-electron chi connectivity index (χ2n) is 8.28. The molecule has 6 N–H and O–H groups in total. The minimum atomic E-state index is -0.965. The first-order chi connectivity index (χ1) is 15.0. The predicted molar refractivity (Wildman–Crippen MR) is 123 cm³/mol. The number of esters is 1. The molecule has 0 spiro atoms. The molecule has 4 atom stereocenters. The number of methoxy groups -OCH3 is 1. The van der Waals surface area contributed by atoms with Crippen LogP contribution in [0.25, 0.3) is 0 Å². The molecule has 0 aromatic heterocycles. The van der Waals surface area contributed by atoms with Crippen molar-refractivity contribution in [2.24, 2.45) is 0 Å². The summed E-state index contributed by atoms with van der Waals surface area (Å²) >= 11 is 0. The summed E-state index contributed by atoms with van der Waals surface area (Å²) in [4.78, 5) is 11.1. The normalized spacial score (nSPS) is 15.4. The molecule has 0 aromatic carbocycles. The highest BCUT2D eigenvalue weighted by atomic mass is 16.5. The molecule has 0 aliphatic carbocycles. The maximum Gasteiger partial charge on any atom is 0.305 e. The zero-order chi connectivity index (χ0) is 23.3. The van der Waals surface area contributed by atoms with Crippen molar-refractivity contribution < 1.29 is 30.0 Å². The minimum absolute atomic E-state index is 0.0174. The number of aliphatic hydroxyl groups excluding tert-OH is 4. The van der Waals surface area contributed by atoms with Crippen LogP contribution in [-0.4, -0.2) is 84.1 Å². The van der Waals surface area contributed by atoms with E-state index in [2.05, 4.69) is 22.3 Å². The summed E-state index contributed by atoms with van der Waals surface area (Å²) in [7, 11) is 1.40. The van der Waals surface area contributed by atoms with Gasteiger partial charge in [0.25, 0.3) is 0 Å². The van der Waals surface area contributed by atoms with E-state index in [1.165, 1.54) is 7.11 Å². The number of hydrogen-bond acceptors (Lipinski definition) is 8. The molecule has 0 aliphatic heterocycles. The highest BCUT2D eigenvalue weighted by molar-refractivity contribution is 5.68. The second-order valence-corrected chi connectivity index (χ2v) is 8.28. The lowest BCUT2D eigenvalue weighted by atomic mass is 9.92. The number of unbranched alkanes of at least 4 members (excludes halogenated alkanes) is 7. The van der Waals surface area contributed by atoms with Gasteiger partial charge in [-0.25, -0.2) is 0 Å². The summed E-state index contributed by atoms with van der Waals surface area (Å²) in [5.74, 6) is -0.176. The van der Waals surface area contributed by atoms with E-state index in [-0.39, 0.29) is 31.3 Å². The van der Waals surface area contributed by atoms with Gasteiger partial charge in [-0.15, -0.1) is 0 Å². The molecule has 0 rings (SSSR count). The van der Waals surface area contributed by atoms with Crippen LogP contribution in [0.4, 0.5) is 0 Å². The Morgan fingerprint density at radius 1 is 0.774 bits per heavy atom. The van der Waals surface area contributed by atoms with Gasteiger partial charge in [-0.2, -0.15) is 0 Å². The lowest BCUT2D eigenvalue weighted by Crippen LogP contribution is -2.54. The van der Waals surface area contributed by atoms with E-state index in [0.29, 0.717) is 25.9 Å². The van der Waals surface area contributed by atoms with E-state index in [9.17, 15) is 20.1 Å². The van der Waals surface area contributed by atoms with Crippen molar-refractivity contribution >= 4 is 5.97 Å². The van der Waals surface area contributed by atoms with E-state index in [1.807, 2.05) is 0 Å². The highest BCUT2D eigenvalue weighted by Crippen LogP contribution is 2.17. The van der Waals surface area contributed by atoms with Crippen molar-refractivity contribution in [2.45, 2.75) is 108 Å². The minimum Gasteiger partial charge on any atom is -0.469 e. The van der Waals surface area contributed by atoms with Crippen LogP contribution in [-0.2, 0) is 9.53 Å². The molecule has 31 heavy (non-hydrogen) atoms. The zero-order valence-electron chi connectivity index (χ0n) is 19.7. The number of nitrogens with one attached hydrogen (secondary N) is 2. The van der Waals surface area contributed by atoms with E-state index in [4.69, 9.17) is 5.11 Å². The number of hydrogen-bond donors (Lipinski definition) is 6. The molecule has 8 heteroatoms. The van der Waals surface area contributed by atoms with Crippen LogP contribution in [0, 0.1) is 0 Å². The van der Waals surface area contributed by atoms with Gasteiger partial charge in [-0.1, -0.05) is 58.3 Å². The average Bonchev–Trinajstić information content (AvgIpc) is 2.78. The van der Waals surface area contributed by atoms with Crippen LogP contribution in [0.5, 0.6) is 0 Å². The van der Waals surface area contributed by atoms with Crippen LogP contribution < -0.4 is 10.6 Å². The van der Waals surface area contributed by atoms with Gasteiger partial charge in [-0.05, 0) is 19.3 Å². The third-order valence-corrected chi connectivity index (χ3v) is 5.70. The second kappa shape index (κ2) is 21.1. The average molecular weight is 449 g/mol. The van der Waals surface area contributed by atoms with E-state index >= 15 is 0 Å². The fourth-order valence-corrected chi connectivity index (χ4v) is 3.82. The van der Waals surface area contributed by atoms with Crippen molar-refractivity contribution in [3.05, 3.63) is 0 Å². The number of aliphatic hydroxyl groups is 4. The van der Waals surface area contributed by atoms with E-state index in [0.717, 1.165) is 64.2 Å². The lowest BCUT2D eigenvalue weighted by Gasteiger charge is -2.33. The van der Waals surface area contributed by atoms with E-state index < -0.39 is 12.2 Å². The Morgan fingerprint density at radius 3 is 1.68 bits per heavy atom. The predicted octanol–water partition coefficient (Wildman–Crippen LogP) is 1.48. The number of carbonyl (C=O) groups is 1. The number of rotatable bonds is 22. The molecule has 8 nitrogen and oxygen atoms in total. The molecule has 0 amide bonds. The van der Waals surface area contributed by atoms with E-state index in [1.54, 1.807) is 0 Å². The molecule has 0 heterocycles. The zero-order valence-corrected chi connectivity index (χ0v) is 19.7. The molecular formula is C23H48N2O6. The van der Waals surface area contributed by atoms with Gasteiger partial charge in [0.1, 0.15) is 0 Å². The number of carbonyl (C=O) groups excluding carboxylic acids is 1. The molecule has 0 aliphatic rings. The maximum absolute atomic E-state index is 11.1. The smallest absolute Gasteiger partial charge is 0.305 e. The largest absolute Gasteiger partial charge is 0.469 e. The van der Waals surface area contributed by atoms with Crippen molar-refractivity contribution in [1.29, 1.82) is 0 Å². The molecule has 0 bridgehead atoms. The summed E-state index contributed by atoms with van der Waals surface area (Å²) in [6.07, 6.45) is 8.92.